The van der Waals surface area contributed by atoms with Crippen molar-refractivity contribution >= 4 is 34.6 Å². The molecule has 2 aliphatic rings. The van der Waals surface area contributed by atoms with Gasteiger partial charge in [0.1, 0.15) is 11.9 Å². The van der Waals surface area contributed by atoms with Crippen molar-refractivity contribution in [2.75, 3.05) is 20.1 Å². The number of quaternary nitrogens is 1. The largest absolute Gasteiger partial charge is 0.478 e. The second-order valence-corrected chi connectivity index (χ2v) is 8.88. The molecule has 4 heterocycles. The van der Waals surface area contributed by atoms with E-state index in [1.807, 2.05) is 6.07 Å². The highest BCUT2D eigenvalue weighted by Gasteiger charge is 2.30. The topological polar surface area (TPSA) is 142 Å². The fraction of sp³-hybridized carbons (Fsp3) is 0.240. The van der Waals surface area contributed by atoms with E-state index < -0.39 is 12.0 Å². The number of amides is 3. The number of aromatic nitrogens is 3. The molecule has 0 radical (unpaired) electrons. The van der Waals surface area contributed by atoms with Crippen LogP contribution in [-0.2, 0) is 4.79 Å². The van der Waals surface area contributed by atoms with Gasteiger partial charge in [0, 0.05) is 30.9 Å². The van der Waals surface area contributed by atoms with Gasteiger partial charge in [-0.1, -0.05) is 12.1 Å². The van der Waals surface area contributed by atoms with Crippen molar-refractivity contribution in [2.45, 2.75) is 18.9 Å². The number of carboxylic acids is 1. The molecule has 0 bridgehead atoms. The molecule has 0 aliphatic carbocycles. The lowest BCUT2D eigenvalue weighted by molar-refractivity contribution is -0.737. The highest BCUT2D eigenvalue weighted by molar-refractivity contribution is 5.98. The van der Waals surface area contributed by atoms with E-state index in [1.54, 1.807) is 53.2 Å². The van der Waals surface area contributed by atoms with Crippen LogP contribution in [0.25, 0.3) is 16.7 Å². The van der Waals surface area contributed by atoms with Gasteiger partial charge in [0.05, 0.1) is 18.1 Å². The third kappa shape index (κ3) is 4.31. The maximum absolute atomic E-state index is 13.0. The van der Waals surface area contributed by atoms with Gasteiger partial charge in [-0.05, 0) is 48.7 Å². The number of carbonyl (C=O) groups excluding carboxylic acids is 2. The summed E-state index contributed by atoms with van der Waals surface area (Å²) in [7, 11) is 1.65. The molecule has 184 valence electrons. The Bertz CT molecular complexity index is 1490. The van der Waals surface area contributed by atoms with Crippen molar-refractivity contribution in [3.05, 3.63) is 82.2 Å². The maximum Gasteiger partial charge on any atom is 0.365 e. The highest BCUT2D eigenvalue weighted by Crippen LogP contribution is 2.25. The molecular weight excluding hydrogens is 464 g/mol. The number of hydrogen-bond donors (Lipinski definition) is 4. The van der Waals surface area contributed by atoms with Crippen LogP contribution < -0.4 is 15.9 Å². The zero-order valence-corrected chi connectivity index (χ0v) is 19.5. The van der Waals surface area contributed by atoms with Gasteiger partial charge in [0.2, 0.25) is 0 Å². The molecule has 1 fully saturated rings. The van der Waals surface area contributed by atoms with Gasteiger partial charge in [0.25, 0.3) is 0 Å². The normalized spacial score (nSPS) is 18.6. The molecule has 1 atom stereocenters. The lowest BCUT2D eigenvalue weighted by Gasteiger charge is -2.32. The van der Waals surface area contributed by atoms with Crippen LogP contribution in [0.3, 0.4) is 0 Å². The maximum atomic E-state index is 13.0. The van der Waals surface area contributed by atoms with E-state index in [-0.39, 0.29) is 28.9 Å². The Morgan fingerprint density at radius 1 is 1.17 bits per heavy atom. The van der Waals surface area contributed by atoms with E-state index in [0.717, 1.165) is 5.52 Å². The first-order valence-electron chi connectivity index (χ1n) is 11.6. The number of nitrogens with zero attached hydrogens (tertiary/aromatic N) is 3. The van der Waals surface area contributed by atoms with Gasteiger partial charge in [0.15, 0.2) is 5.65 Å². The zero-order chi connectivity index (χ0) is 25.4. The first-order chi connectivity index (χ1) is 17.3. The molecule has 1 saturated heterocycles. The molecule has 0 saturated carbocycles. The minimum Gasteiger partial charge on any atom is -0.478 e. The van der Waals surface area contributed by atoms with Crippen LogP contribution in [0.1, 0.15) is 34.8 Å². The molecule has 1 unspecified atom stereocenters. The molecule has 11 nitrogen and oxygen atoms in total. The number of allylic oxidation sites excluding steroid dienone is 2. The van der Waals surface area contributed by atoms with Gasteiger partial charge in [-0.15, -0.1) is 0 Å². The number of carbonyl (C=O) groups is 3. The number of nitrogens with one attached hydrogen (secondary N) is 3. The predicted octanol–water partition coefficient (Wildman–Crippen LogP) is 0.749. The number of rotatable bonds is 4. The molecule has 0 spiro atoms. The lowest BCUT2D eigenvalue weighted by Crippen LogP contribution is -3.08. The van der Waals surface area contributed by atoms with Gasteiger partial charge in [-0.3, -0.25) is 14.9 Å². The number of pyridine rings is 1. The van der Waals surface area contributed by atoms with Crippen molar-refractivity contribution in [3.63, 3.8) is 0 Å². The minimum atomic E-state index is -1.04. The van der Waals surface area contributed by atoms with Crippen LogP contribution in [0.4, 0.5) is 4.79 Å². The Labute approximate surface area is 205 Å². The molecule has 2 aliphatic heterocycles. The SMILES string of the molecule is C[NH+]1C=C(c2cccc(C(=O)O)c2)C=C(NC(=O)N2CCC(n3c(=O)[nH]c4ncccc43)CC2)C1=O. The molecule has 4 N–H and O–H groups in total. The second kappa shape index (κ2) is 9.27. The number of aromatic amines is 1. The van der Waals surface area contributed by atoms with E-state index in [2.05, 4.69) is 15.3 Å². The van der Waals surface area contributed by atoms with Gasteiger partial charge in [-0.2, -0.15) is 0 Å². The van der Waals surface area contributed by atoms with Crippen molar-refractivity contribution in [2.24, 2.45) is 0 Å². The first-order valence-corrected chi connectivity index (χ1v) is 11.6. The summed E-state index contributed by atoms with van der Waals surface area (Å²) in [6, 6.07) is 9.57. The number of benzene rings is 1. The van der Waals surface area contributed by atoms with E-state index >= 15 is 0 Å². The summed E-state index contributed by atoms with van der Waals surface area (Å²) >= 11 is 0. The van der Waals surface area contributed by atoms with Crippen LogP contribution in [0.5, 0.6) is 0 Å². The zero-order valence-electron chi connectivity index (χ0n) is 19.5. The quantitative estimate of drug-likeness (QED) is 0.426. The standard InChI is InChI=1S/C25H24N6O5/c1-29-14-17(15-4-2-5-16(12-15)23(33)34)13-19(22(29)32)27-24(35)30-10-7-18(8-11-30)31-20-6-3-9-26-21(20)28-25(31)36/h2-6,9,12-14,18H,7-8,10-11H2,1H3,(H,27,35)(H,33,34)(H,26,28,36)/p+1. The Morgan fingerprint density at radius 2 is 1.94 bits per heavy atom. The average molecular weight is 490 g/mol. The summed E-state index contributed by atoms with van der Waals surface area (Å²) in [6.07, 6.45) is 6.04. The van der Waals surface area contributed by atoms with Crippen molar-refractivity contribution < 1.29 is 24.4 Å². The molecule has 2 aromatic heterocycles. The summed E-state index contributed by atoms with van der Waals surface area (Å²) in [5.41, 5.74) is 2.59. The van der Waals surface area contributed by atoms with Crippen LogP contribution in [0, 0.1) is 0 Å². The molecule has 1 aromatic carbocycles. The molecule has 36 heavy (non-hydrogen) atoms. The number of piperidine rings is 1. The summed E-state index contributed by atoms with van der Waals surface area (Å²) in [4.78, 5) is 58.6. The summed E-state index contributed by atoms with van der Waals surface area (Å²) in [6.45, 7) is 0.840. The Balaban J connectivity index is 1.29. The van der Waals surface area contributed by atoms with E-state index in [9.17, 15) is 24.3 Å². The van der Waals surface area contributed by atoms with Crippen LogP contribution >= 0.6 is 0 Å². The molecule has 5 rings (SSSR count). The first kappa shape index (κ1) is 23.2. The molecule has 3 aromatic rings. The molecular formula is C25H25N6O5+. The van der Waals surface area contributed by atoms with Crippen LogP contribution in [0.15, 0.2) is 65.4 Å². The summed E-state index contributed by atoms with van der Waals surface area (Å²) in [5, 5.41) is 12.0. The third-order valence-corrected chi connectivity index (χ3v) is 6.57. The number of carboxylic acid groups (broad SMARTS) is 1. The number of likely N-dealkylation sites (N-methyl/N-ethyl adjacent to an activating group) is 1. The summed E-state index contributed by atoms with van der Waals surface area (Å²) in [5.74, 6) is -1.34. The minimum absolute atomic E-state index is 0.0679. The van der Waals surface area contributed by atoms with Crippen LogP contribution in [-0.4, -0.2) is 62.6 Å². The number of imidazole rings is 1. The highest BCUT2D eigenvalue weighted by atomic mass is 16.4. The smallest absolute Gasteiger partial charge is 0.365 e. The predicted molar refractivity (Wildman–Crippen MR) is 130 cm³/mol. The Morgan fingerprint density at radius 3 is 2.69 bits per heavy atom. The fourth-order valence-corrected chi connectivity index (χ4v) is 4.71. The van der Waals surface area contributed by atoms with Crippen molar-refractivity contribution in [1.29, 1.82) is 0 Å². The number of fused-ring (bicyclic) bond motifs is 1. The molecule has 3 amide bonds. The van der Waals surface area contributed by atoms with Crippen molar-refractivity contribution in [1.82, 2.24) is 24.8 Å². The van der Waals surface area contributed by atoms with E-state index in [0.29, 0.717) is 47.6 Å². The second-order valence-electron chi connectivity index (χ2n) is 8.88. The summed E-state index contributed by atoms with van der Waals surface area (Å²) < 4.78 is 1.70. The molecule has 11 heteroatoms. The number of urea groups is 1. The van der Waals surface area contributed by atoms with Gasteiger partial charge >= 0.3 is 23.6 Å². The van der Waals surface area contributed by atoms with Gasteiger partial charge in [-0.25, -0.2) is 29.1 Å². The van der Waals surface area contributed by atoms with E-state index in [4.69, 9.17) is 0 Å². The van der Waals surface area contributed by atoms with Crippen LogP contribution in [0.2, 0.25) is 0 Å². The number of likely N-dealkylation sites (tertiary alicyclic amines) is 1. The lowest BCUT2D eigenvalue weighted by atomic mass is 10.0. The third-order valence-electron chi connectivity index (χ3n) is 6.57. The Hall–Kier alpha value is -4.51. The average Bonchev–Trinajstić information content (AvgIpc) is 3.22. The van der Waals surface area contributed by atoms with Crippen molar-refractivity contribution in [3.8, 4) is 0 Å². The fourth-order valence-electron chi connectivity index (χ4n) is 4.71. The monoisotopic (exact) mass is 489 g/mol. The number of hydrogen-bond acceptors (Lipinski definition) is 5. The Kier molecular flexibility index (Phi) is 5.98. The van der Waals surface area contributed by atoms with Gasteiger partial charge < -0.3 is 10.0 Å². The number of aromatic carboxylic acids is 1. The number of H-pyrrole nitrogens is 1. The van der Waals surface area contributed by atoms with E-state index in [1.165, 1.54) is 12.1 Å².